The lowest BCUT2D eigenvalue weighted by molar-refractivity contribution is -0.112. The van der Waals surface area contributed by atoms with Crippen LogP contribution >= 0.6 is 0 Å². The molecule has 3 heterocycles. The van der Waals surface area contributed by atoms with E-state index in [9.17, 15) is 13.2 Å². The Labute approximate surface area is 152 Å². The molecule has 1 aromatic rings. The zero-order valence-electron chi connectivity index (χ0n) is 14.3. The first-order chi connectivity index (χ1) is 12.5. The fourth-order valence-corrected chi connectivity index (χ4v) is 4.52. The van der Waals surface area contributed by atoms with Gasteiger partial charge in [0.15, 0.2) is 0 Å². The third-order valence-corrected chi connectivity index (χ3v) is 6.08. The first-order valence-corrected chi connectivity index (χ1v) is 10.5. The molecular weight excluding hydrogens is 354 g/mol. The van der Waals surface area contributed by atoms with Crippen molar-refractivity contribution < 1.29 is 13.2 Å². The van der Waals surface area contributed by atoms with E-state index in [1.807, 2.05) is 4.68 Å². The minimum absolute atomic E-state index is 0.0514. The summed E-state index contributed by atoms with van der Waals surface area (Å²) in [7, 11) is -3.40. The van der Waals surface area contributed by atoms with Crippen LogP contribution in [0.25, 0.3) is 0 Å². The van der Waals surface area contributed by atoms with E-state index in [2.05, 4.69) is 14.8 Å². The number of hydrogen-bond acceptors (Lipinski definition) is 5. The lowest BCUT2D eigenvalue weighted by atomic mass is 9.96. The van der Waals surface area contributed by atoms with E-state index in [-0.39, 0.29) is 11.7 Å². The highest BCUT2D eigenvalue weighted by molar-refractivity contribution is 7.90. The predicted molar refractivity (Wildman–Crippen MR) is 98.1 cm³/mol. The number of sulfonamides is 1. The van der Waals surface area contributed by atoms with Crippen molar-refractivity contribution in [3.8, 4) is 0 Å². The number of hydrogen-bond donors (Lipinski definition) is 1. The predicted octanol–water partition coefficient (Wildman–Crippen LogP) is 1.82. The number of aromatic nitrogens is 2. The van der Waals surface area contributed by atoms with Crippen molar-refractivity contribution in [3.63, 3.8) is 0 Å². The molecule has 1 saturated carbocycles. The van der Waals surface area contributed by atoms with Crippen molar-refractivity contribution in [1.82, 2.24) is 14.7 Å². The zero-order chi connectivity index (χ0) is 18.1. The van der Waals surface area contributed by atoms with E-state index in [1.165, 1.54) is 19.3 Å². The van der Waals surface area contributed by atoms with Crippen LogP contribution in [0.5, 0.6) is 0 Å². The number of carbonyl (C=O) groups excluding carboxylic acids is 1. The first-order valence-electron chi connectivity index (χ1n) is 8.86. The monoisotopic (exact) mass is 375 g/mol. The Kier molecular flexibility index (Phi) is 4.39. The van der Waals surface area contributed by atoms with Gasteiger partial charge in [0.2, 0.25) is 0 Å². The molecule has 8 nitrogen and oxygen atoms in total. The van der Waals surface area contributed by atoms with Crippen molar-refractivity contribution in [1.29, 1.82) is 0 Å². The fourth-order valence-electron chi connectivity index (χ4n) is 3.55. The summed E-state index contributed by atoms with van der Waals surface area (Å²) in [5, 5.41) is 7.31. The molecule has 0 aromatic carbocycles. The molecule has 4 rings (SSSR count). The molecular formula is C17H21N5O3S. The first kappa shape index (κ1) is 17.0. The Balaban J connectivity index is 1.49. The molecule has 2 aliphatic heterocycles. The maximum absolute atomic E-state index is 12.6. The summed E-state index contributed by atoms with van der Waals surface area (Å²) in [6.07, 6.45) is 12.3. The molecule has 1 N–H and O–H groups in total. The molecule has 0 spiro atoms. The normalized spacial score (nSPS) is 22.4. The highest BCUT2D eigenvalue weighted by Gasteiger charge is 2.25. The van der Waals surface area contributed by atoms with Crippen LogP contribution in [0, 0.1) is 0 Å². The van der Waals surface area contributed by atoms with Crippen molar-refractivity contribution >= 4 is 27.6 Å². The van der Waals surface area contributed by atoms with Crippen molar-refractivity contribution in [2.75, 3.05) is 17.6 Å². The third-order valence-electron chi connectivity index (χ3n) is 4.92. The van der Waals surface area contributed by atoms with Crippen LogP contribution in [0.3, 0.4) is 0 Å². The van der Waals surface area contributed by atoms with E-state index in [0.717, 1.165) is 12.8 Å². The Morgan fingerprint density at radius 1 is 1.19 bits per heavy atom. The van der Waals surface area contributed by atoms with Crippen LogP contribution in [0.1, 0.15) is 38.1 Å². The maximum Gasteiger partial charge on any atom is 0.258 e. The third kappa shape index (κ3) is 3.44. The lowest BCUT2D eigenvalue weighted by Gasteiger charge is -2.27. The summed E-state index contributed by atoms with van der Waals surface area (Å²) in [4.78, 5) is 14.3. The summed E-state index contributed by atoms with van der Waals surface area (Å²) in [5.74, 6) is 0.743. The minimum Gasteiger partial charge on any atom is -0.330 e. The van der Waals surface area contributed by atoms with Crippen molar-refractivity contribution in [2.24, 2.45) is 4.40 Å². The summed E-state index contributed by atoms with van der Waals surface area (Å²) < 4.78 is 28.8. The second-order valence-electron chi connectivity index (χ2n) is 6.75. The second kappa shape index (κ2) is 6.71. The molecule has 0 radical (unpaired) electrons. The molecule has 1 amide bonds. The van der Waals surface area contributed by atoms with Gasteiger partial charge in [-0.15, -0.1) is 4.40 Å². The highest BCUT2D eigenvalue weighted by Crippen LogP contribution is 2.30. The molecule has 0 unspecified atom stereocenters. The fraction of sp³-hybridized carbons (Fsp3) is 0.471. The van der Waals surface area contributed by atoms with E-state index in [0.29, 0.717) is 29.8 Å². The van der Waals surface area contributed by atoms with Crippen LogP contribution in [-0.4, -0.2) is 47.1 Å². The van der Waals surface area contributed by atoms with Crippen LogP contribution in [-0.2, 0) is 14.8 Å². The van der Waals surface area contributed by atoms with Crippen LogP contribution in [0.4, 0.5) is 5.82 Å². The maximum atomic E-state index is 12.6. The molecule has 1 aliphatic carbocycles. The van der Waals surface area contributed by atoms with Gasteiger partial charge in [-0.3, -0.25) is 4.79 Å². The number of nitrogens with one attached hydrogen (secondary N) is 1. The number of nitrogens with zero attached hydrogens (tertiary/aromatic N) is 4. The molecule has 0 atom stereocenters. The van der Waals surface area contributed by atoms with Gasteiger partial charge in [0.05, 0.1) is 23.6 Å². The molecule has 0 bridgehead atoms. The molecule has 0 saturated heterocycles. The van der Waals surface area contributed by atoms with Gasteiger partial charge in [-0.1, -0.05) is 19.3 Å². The molecule has 1 aromatic heterocycles. The molecule has 3 aliphatic rings. The standard InChI is InChI=1S/C17H21N5O3S/c23-17(13-6-7-16-20-26(24,25)11-10-21(16)12-13)19-15-8-9-18-22(15)14-4-2-1-3-5-14/h6-9,12,14H,1-5,10-11H2,(H,19,23). The zero-order valence-corrected chi connectivity index (χ0v) is 15.2. The number of amides is 1. The Morgan fingerprint density at radius 3 is 2.81 bits per heavy atom. The second-order valence-corrected chi connectivity index (χ2v) is 8.51. The molecule has 9 heteroatoms. The van der Waals surface area contributed by atoms with E-state index >= 15 is 0 Å². The number of amidine groups is 1. The van der Waals surface area contributed by atoms with Gasteiger partial charge in [-0.25, -0.2) is 13.1 Å². The van der Waals surface area contributed by atoms with Gasteiger partial charge in [0.25, 0.3) is 15.9 Å². The van der Waals surface area contributed by atoms with Crippen LogP contribution in [0.15, 0.2) is 40.6 Å². The highest BCUT2D eigenvalue weighted by atomic mass is 32.2. The largest absolute Gasteiger partial charge is 0.330 e. The average molecular weight is 375 g/mol. The Hall–Kier alpha value is -2.42. The molecule has 26 heavy (non-hydrogen) atoms. The number of anilines is 1. The molecule has 138 valence electrons. The summed E-state index contributed by atoms with van der Waals surface area (Å²) >= 11 is 0. The van der Waals surface area contributed by atoms with Gasteiger partial charge in [0, 0.05) is 18.8 Å². The summed E-state index contributed by atoms with van der Waals surface area (Å²) in [5.41, 5.74) is 0.458. The number of rotatable bonds is 3. The Bertz CT molecular complexity index is 907. The average Bonchev–Trinajstić information content (AvgIpc) is 3.09. The van der Waals surface area contributed by atoms with Gasteiger partial charge in [-0.2, -0.15) is 5.10 Å². The van der Waals surface area contributed by atoms with Gasteiger partial charge in [0.1, 0.15) is 11.7 Å². The smallest absolute Gasteiger partial charge is 0.258 e. The van der Waals surface area contributed by atoms with Gasteiger partial charge in [-0.05, 0) is 25.0 Å². The number of carbonyl (C=O) groups is 1. The van der Waals surface area contributed by atoms with Crippen LogP contribution < -0.4 is 5.32 Å². The van der Waals surface area contributed by atoms with Gasteiger partial charge >= 0.3 is 0 Å². The van der Waals surface area contributed by atoms with E-state index < -0.39 is 10.0 Å². The number of fused-ring (bicyclic) bond motifs is 1. The minimum atomic E-state index is -3.40. The van der Waals surface area contributed by atoms with Crippen molar-refractivity contribution in [3.05, 3.63) is 36.2 Å². The topological polar surface area (TPSA) is 96.7 Å². The Morgan fingerprint density at radius 2 is 2.00 bits per heavy atom. The summed E-state index contributed by atoms with van der Waals surface area (Å²) in [6.45, 7) is 0.294. The molecule has 1 fully saturated rings. The lowest BCUT2D eigenvalue weighted by Crippen LogP contribution is -2.37. The van der Waals surface area contributed by atoms with Gasteiger partial charge < -0.3 is 10.2 Å². The van der Waals surface area contributed by atoms with Crippen LogP contribution in [0.2, 0.25) is 0 Å². The SMILES string of the molecule is O=C(Nc1ccnn1C1CCCCC1)C1=CN2CCS(=O)(=O)N=C2C=C1. The quantitative estimate of drug-likeness (QED) is 0.869. The van der Waals surface area contributed by atoms with E-state index in [1.54, 1.807) is 35.5 Å². The van der Waals surface area contributed by atoms with E-state index in [4.69, 9.17) is 0 Å². The summed E-state index contributed by atoms with van der Waals surface area (Å²) in [6, 6.07) is 2.14. The van der Waals surface area contributed by atoms with Crippen molar-refractivity contribution in [2.45, 2.75) is 38.1 Å².